The van der Waals surface area contributed by atoms with Crippen LogP contribution in [0.15, 0.2) is 18.3 Å². The lowest BCUT2D eigenvalue weighted by atomic mass is 10.2. The Morgan fingerprint density at radius 2 is 1.96 bits per heavy atom. The second-order valence-electron chi connectivity index (χ2n) is 6.80. The smallest absolute Gasteiger partial charge is 0.321 e. The van der Waals surface area contributed by atoms with Crippen molar-refractivity contribution in [3.8, 4) is 11.9 Å². The fourth-order valence-corrected chi connectivity index (χ4v) is 3.30. The van der Waals surface area contributed by atoms with E-state index in [-0.39, 0.29) is 0 Å². The van der Waals surface area contributed by atoms with Crippen molar-refractivity contribution >= 4 is 11.6 Å². The topological polar surface area (TPSA) is 76.5 Å². The van der Waals surface area contributed by atoms with Crippen LogP contribution in [0.2, 0.25) is 0 Å². The maximum absolute atomic E-state index is 5.26. The zero-order valence-corrected chi connectivity index (χ0v) is 15.4. The summed E-state index contributed by atoms with van der Waals surface area (Å²) in [5.74, 6) is 3.87. The van der Waals surface area contributed by atoms with Crippen molar-refractivity contribution < 1.29 is 9.47 Å². The van der Waals surface area contributed by atoms with Crippen molar-refractivity contribution in [2.24, 2.45) is 0 Å². The van der Waals surface area contributed by atoms with Crippen LogP contribution in [0.25, 0.3) is 0 Å². The van der Waals surface area contributed by atoms with Crippen molar-refractivity contribution in [2.75, 3.05) is 44.2 Å². The molecule has 0 aromatic carbocycles. The highest BCUT2D eigenvalue weighted by atomic mass is 16.5. The first kappa shape index (κ1) is 16.8. The quantitative estimate of drug-likeness (QED) is 0.776. The van der Waals surface area contributed by atoms with Gasteiger partial charge in [0.05, 0.1) is 14.2 Å². The van der Waals surface area contributed by atoms with E-state index in [1.165, 1.54) is 12.8 Å². The predicted molar refractivity (Wildman–Crippen MR) is 98.2 cm³/mol. The van der Waals surface area contributed by atoms with E-state index in [2.05, 4.69) is 31.8 Å². The lowest BCUT2D eigenvalue weighted by Gasteiger charge is -2.26. The summed E-state index contributed by atoms with van der Waals surface area (Å²) < 4.78 is 10.4. The maximum Gasteiger partial charge on any atom is 0.321 e. The van der Waals surface area contributed by atoms with Crippen LogP contribution in [0, 0.1) is 0 Å². The molecular weight excluding hydrogens is 332 g/mol. The standard InChI is InChI=1S/C18H24N6O2/c1-23(14-6-8-19-17(20-14)12-4-5-12)13-7-9-24(11-13)15-10-16(25-2)22-18(21-15)26-3/h6,8,10,12-13H,4-5,7,9,11H2,1-3H3. The van der Waals surface area contributed by atoms with Gasteiger partial charge in [0.15, 0.2) is 0 Å². The molecule has 0 amide bonds. The first-order valence-corrected chi connectivity index (χ1v) is 8.95. The molecule has 0 bridgehead atoms. The van der Waals surface area contributed by atoms with E-state index in [1.54, 1.807) is 14.2 Å². The van der Waals surface area contributed by atoms with Crippen LogP contribution in [0.3, 0.4) is 0 Å². The van der Waals surface area contributed by atoms with Gasteiger partial charge in [-0.3, -0.25) is 0 Å². The largest absolute Gasteiger partial charge is 0.481 e. The Kier molecular flexibility index (Phi) is 4.48. The van der Waals surface area contributed by atoms with Crippen LogP contribution in [0.1, 0.15) is 31.0 Å². The van der Waals surface area contributed by atoms with Gasteiger partial charge in [0, 0.05) is 44.4 Å². The highest BCUT2D eigenvalue weighted by molar-refractivity contribution is 5.47. The maximum atomic E-state index is 5.26. The molecule has 1 saturated carbocycles. The van der Waals surface area contributed by atoms with Gasteiger partial charge in [-0.05, 0) is 25.3 Å². The summed E-state index contributed by atoms with van der Waals surface area (Å²) in [6, 6.07) is 4.52. The van der Waals surface area contributed by atoms with Gasteiger partial charge >= 0.3 is 6.01 Å². The number of hydrogen-bond donors (Lipinski definition) is 0. The third-order valence-electron chi connectivity index (χ3n) is 5.06. The Bertz CT molecular complexity index is 760. The van der Waals surface area contributed by atoms with Crippen LogP contribution < -0.4 is 19.3 Å². The summed E-state index contributed by atoms with van der Waals surface area (Å²) in [4.78, 5) is 22.3. The van der Waals surface area contributed by atoms with E-state index < -0.39 is 0 Å². The first-order chi connectivity index (χ1) is 12.7. The number of nitrogens with zero attached hydrogens (tertiary/aromatic N) is 6. The van der Waals surface area contributed by atoms with Crippen LogP contribution in [0.5, 0.6) is 11.9 Å². The van der Waals surface area contributed by atoms with Gasteiger partial charge in [0.2, 0.25) is 5.88 Å². The molecule has 8 nitrogen and oxygen atoms in total. The lowest BCUT2D eigenvalue weighted by Crippen LogP contribution is -2.35. The van der Waals surface area contributed by atoms with Crippen LogP contribution in [-0.4, -0.2) is 60.3 Å². The second-order valence-corrected chi connectivity index (χ2v) is 6.80. The molecule has 2 aromatic heterocycles. The molecule has 0 N–H and O–H groups in total. The molecule has 1 saturated heterocycles. The summed E-state index contributed by atoms with van der Waals surface area (Å²) in [6.45, 7) is 1.78. The van der Waals surface area contributed by atoms with Crippen LogP contribution in [-0.2, 0) is 0 Å². The third-order valence-corrected chi connectivity index (χ3v) is 5.06. The number of methoxy groups -OCH3 is 2. The minimum absolute atomic E-state index is 0.320. The molecule has 4 rings (SSSR count). The molecular formula is C18H24N6O2. The highest BCUT2D eigenvalue weighted by Crippen LogP contribution is 2.38. The van der Waals surface area contributed by atoms with E-state index in [9.17, 15) is 0 Å². The number of likely N-dealkylation sites (N-methyl/N-ethyl adjacent to an activating group) is 1. The van der Waals surface area contributed by atoms with Crippen molar-refractivity contribution in [1.82, 2.24) is 19.9 Å². The Morgan fingerprint density at radius 3 is 2.69 bits per heavy atom. The number of rotatable bonds is 6. The van der Waals surface area contributed by atoms with Gasteiger partial charge in [0.25, 0.3) is 0 Å². The van der Waals surface area contributed by atoms with Gasteiger partial charge < -0.3 is 19.3 Å². The zero-order chi connectivity index (χ0) is 18.1. The molecule has 8 heteroatoms. The molecule has 1 unspecified atom stereocenters. The summed E-state index contributed by atoms with van der Waals surface area (Å²) in [5.41, 5.74) is 0. The summed E-state index contributed by atoms with van der Waals surface area (Å²) in [7, 11) is 5.26. The molecule has 1 atom stereocenters. The third kappa shape index (κ3) is 3.36. The number of ether oxygens (including phenoxy) is 2. The second kappa shape index (κ2) is 6.93. The summed E-state index contributed by atoms with van der Waals surface area (Å²) >= 11 is 0. The Labute approximate surface area is 153 Å². The fourth-order valence-electron chi connectivity index (χ4n) is 3.30. The van der Waals surface area contributed by atoms with Crippen LogP contribution >= 0.6 is 0 Å². The number of anilines is 2. The molecule has 3 heterocycles. The van der Waals surface area contributed by atoms with Gasteiger partial charge in [-0.2, -0.15) is 9.97 Å². The monoisotopic (exact) mass is 356 g/mol. The summed E-state index contributed by atoms with van der Waals surface area (Å²) in [5, 5.41) is 0. The highest BCUT2D eigenvalue weighted by Gasteiger charge is 2.30. The first-order valence-electron chi connectivity index (χ1n) is 8.95. The van der Waals surface area contributed by atoms with E-state index >= 15 is 0 Å². The normalized spacial score (nSPS) is 19.5. The van der Waals surface area contributed by atoms with Gasteiger partial charge in [-0.25, -0.2) is 9.97 Å². The van der Waals surface area contributed by atoms with Crippen molar-refractivity contribution in [2.45, 2.75) is 31.2 Å². The van der Waals surface area contributed by atoms with Crippen molar-refractivity contribution in [3.63, 3.8) is 0 Å². The van der Waals surface area contributed by atoms with E-state index in [4.69, 9.17) is 14.5 Å². The number of hydrogen-bond acceptors (Lipinski definition) is 8. The Hall–Kier alpha value is -2.64. The molecule has 138 valence electrons. The van der Waals surface area contributed by atoms with E-state index in [1.807, 2.05) is 18.3 Å². The fraction of sp³-hybridized carbons (Fsp3) is 0.556. The molecule has 2 aromatic rings. The molecule has 26 heavy (non-hydrogen) atoms. The lowest BCUT2D eigenvalue weighted by molar-refractivity contribution is 0.352. The Balaban J connectivity index is 1.48. The molecule has 0 radical (unpaired) electrons. The predicted octanol–water partition coefficient (Wildman–Crippen LogP) is 1.88. The molecule has 2 aliphatic rings. The molecule has 2 fully saturated rings. The minimum atomic E-state index is 0.320. The molecule has 1 aliphatic carbocycles. The van der Waals surface area contributed by atoms with Crippen molar-refractivity contribution in [3.05, 3.63) is 24.2 Å². The van der Waals surface area contributed by atoms with Crippen LogP contribution in [0.4, 0.5) is 11.6 Å². The molecule has 1 aliphatic heterocycles. The number of aromatic nitrogens is 4. The average molecular weight is 356 g/mol. The Morgan fingerprint density at radius 1 is 1.12 bits per heavy atom. The van der Waals surface area contributed by atoms with E-state index in [0.29, 0.717) is 23.9 Å². The molecule has 0 spiro atoms. The van der Waals surface area contributed by atoms with Crippen molar-refractivity contribution in [1.29, 1.82) is 0 Å². The zero-order valence-electron chi connectivity index (χ0n) is 15.4. The minimum Gasteiger partial charge on any atom is -0.481 e. The average Bonchev–Trinajstić information content (AvgIpc) is 3.43. The van der Waals surface area contributed by atoms with Gasteiger partial charge in [0.1, 0.15) is 17.5 Å². The SMILES string of the molecule is COc1cc(N2CCC(N(C)c3ccnc(C4CC4)n3)C2)nc(OC)n1. The van der Waals surface area contributed by atoms with E-state index in [0.717, 1.165) is 37.0 Å². The van der Waals surface area contributed by atoms with Gasteiger partial charge in [-0.1, -0.05) is 0 Å². The van der Waals surface area contributed by atoms with Gasteiger partial charge in [-0.15, -0.1) is 0 Å². The summed E-state index contributed by atoms with van der Waals surface area (Å²) in [6.07, 6.45) is 5.33.